The lowest BCUT2D eigenvalue weighted by molar-refractivity contribution is 0.0600. The van der Waals surface area contributed by atoms with Crippen LogP contribution in [0.1, 0.15) is 21.5 Å². The normalized spacial score (nSPS) is 11.6. The smallest absolute Gasteiger partial charge is 0.337 e. The highest BCUT2D eigenvalue weighted by atomic mass is 32.2. The summed E-state index contributed by atoms with van der Waals surface area (Å²) in [7, 11) is -6.31. The Morgan fingerprint density at radius 2 is 1.31 bits per heavy atom. The van der Waals surface area contributed by atoms with Crippen molar-refractivity contribution in [1.29, 1.82) is 0 Å². The van der Waals surface area contributed by atoms with E-state index < -0.39 is 26.0 Å². The largest absolute Gasteiger partial charge is 0.465 e. The van der Waals surface area contributed by atoms with E-state index in [1.54, 1.807) is 24.3 Å². The summed E-state index contributed by atoms with van der Waals surface area (Å²) in [6, 6.07) is 18.3. The number of benzene rings is 3. The number of aryl methyl sites for hydroxylation is 1. The number of methoxy groups -OCH3 is 1. The minimum atomic E-state index is -3.81. The van der Waals surface area contributed by atoms with E-state index in [4.69, 9.17) is 0 Å². The molecule has 0 saturated heterocycles. The molecule has 0 aliphatic carbocycles. The number of esters is 1. The maximum atomic E-state index is 12.5. The lowest BCUT2D eigenvalue weighted by Gasteiger charge is -2.11. The molecule has 0 aliphatic rings. The van der Waals surface area contributed by atoms with Crippen LogP contribution < -0.4 is 9.44 Å². The van der Waals surface area contributed by atoms with Gasteiger partial charge in [-0.15, -0.1) is 0 Å². The monoisotopic (exact) mass is 474 g/mol. The third kappa shape index (κ3) is 6.08. The zero-order valence-electron chi connectivity index (χ0n) is 17.4. The van der Waals surface area contributed by atoms with Crippen LogP contribution in [0.3, 0.4) is 0 Å². The van der Waals surface area contributed by atoms with E-state index in [2.05, 4.69) is 14.2 Å². The van der Waals surface area contributed by atoms with Crippen molar-refractivity contribution in [3.63, 3.8) is 0 Å². The summed E-state index contributed by atoms with van der Waals surface area (Å²) in [5, 5.41) is 0. The molecular weight excluding hydrogens is 452 g/mol. The Labute approximate surface area is 187 Å². The fourth-order valence-corrected chi connectivity index (χ4v) is 5.09. The van der Waals surface area contributed by atoms with Crippen LogP contribution in [0.2, 0.25) is 0 Å². The lowest BCUT2D eigenvalue weighted by Crippen LogP contribution is -2.16. The molecule has 0 amide bonds. The van der Waals surface area contributed by atoms with Gasteiger partial charge in [0.15, 0.2) is 0 Å². The fraction of sp³-hybridized carbons (Fsp3) is 0.136. The van der Waals surface area contributed by atoms with E-state index in [0.717, 1.165) is 5.56 Å². The SMILES string of the molecule is COC(=O)c1ccc(CS(=O)(=O)Nc2ccc(S(=O)(=O)Nc3ccc(C)cc3)cc2)cc1. The molecule has 32 heavy (non-hydrogen) atoms. The first-order valence-corrected chi connectivity index (χ1v) is 12.6. The summed E-state index contributed by atoms with van der Waals surface area (Å²) < 4.78 is 59.5. The van der Waals surface area contributed by atoms with Crippen LogP contribution in [0, 0.1) is 6.92 Å². The average Bonchev–Trinajstić information content (AvgIpc) is 2.75. The van der Waals surface area contributed by atoms with E-state index in [0.29, 0.717) is 16.8 Å². The lowest BCUT2D eigenvalue weighted by atomic mass is 10.1. The van der Waals surface area contributed by atoms with Crippen molar-refractivity contribution in [3.05, 3.63) is 89.5 Å². The molecule has 3 aromatic carbocycles. The molecule has 10 heteroatoms. The predicted octanol–water partition coefficient (Wildman–Crippen LogP) is 3.52. The van der Waals surface area contributed by atoms with Gasteiger partial charge in [0, 0.05) is 11.4 Å². The molecule has 0 bridgehead atoms. The van der Waals surface area contributed by atoms with E-state index in [-0.39, 0.29) is 16.3 Å². The molecule has 0 aromatic heterocycles. The van der Waals surface area contributed by atoms with Gasteiger partial charge in [-0.05, 0) is 61.0 Å². The molecule has 0 fully saturated rings. The molecule has 0 unspecified atom stereocenters. The Balaban J connectivity index is 1.67. The molecule has 168 valence electrons. The Kier molecular flexibility index (Phi) is 6.85. The molecule has 0 radical (unpaired) electrons. The summed E-state index contributed by atoms with van der Waals surface area (Å²) in [5.41, 5.74) is 2.46. The van der Waals surface area contributed by atoms with Gasteiger partial charge in [-0.25, -0.2) is 21.6 Å². The molecule has 0 atom stereocenters. The molecular formula is C22H22N2O6S2. The van der Waals surface area contributed by atoms with Gasteiger partial charge in [-0.3, -0.25) is 9.44 Å². The van der Waals surface area contributed by atoms with E-state index >= 15 is 0 Å². The van der Waals surface area contributed by atoms with Gasteiger partial charge in [0.2, 0.25) is 10.0 Å². The maximum Gasteiger partial charge on any atom is 0.337 e. The summed E-state index contributed by atoms with van der Waals surface area (Å²) in [6.07, 6.45) is 0. The number of nitrogens with one attached hydrogen (secondary N) is 2. The second kappa shape index (κ2) is 9.41. The third-order valence-corrected chi connectivity index (χ3v) is 7.13. The fourth-order valence-electron chi connectivity index (χ4n) is 2.83. The van der Waals surface area contributed by atoms with Crippen LogP contribution in [-0.2, 0) is 30.5 Å². The van der Waals surface area contributed by atoms with Gasteiger partial charge in [-0.1, -0.05) is 29.8 Å². The van der Waals surface area contributed by atoms with Gasteiger partial charge in [0.05, 0.1) is 23.3 Å². The molecule has 2 N–H and O–H groups in total. The standard InChI is InChI=1S/C22H22N2O6S2/c1-16-3-9-20(10-4-16)24-32(28,29)21-13-11-19(12-14-21)23-31(26,27)15-17-5-7-18(8-6-17)22(25)30-2/h3-14,23-24H,15H2,1-2H3. The van der Waals surface area contributed by atoms with Crippen molar-refractivity contribution in [2.45, 2.75) is 17.6 Å². The Morgan fingerprint density at radius 1 is 0.781 bits per heavy atom. The number of rotatable bonds is 8. The number of hydrogen-bond acceptors (Lipinski definition) is 6. The van der Waals surface area contributed by atoms with E-state index in [9.17, 15) is 21.6 Å². The zero-order chi connectivity index (χ0) is 23.4. The molecule has 0 spiro atoms. The second-order valence-electron chi connectivity index (χ2n) is 7.05. The van der Waals surface area contributed by atoms with Crippen molar-refractivity contribution in [1.82, 2.24) is 0 Å². The Bertz CT molecular complexity index is 1300. The number of carbonyl (C=O) groups is 1. The highest BCUT2D eigenvalue weighted by Gasteiger charge is 2.16. The third-order valence-electron chi connectivity index (χ3n) is 4.47. The van der Waals surface area contributed by atoms with Crippen LogP contribution in [0.25, 0.3) is 0 Å². The number of carbonyl (C=O) groups excluding carboxylic acids is 1. The molecule has 0 heterocycles. The van der Waals surface area contributed by atoms with E-state index in [1.807, 2.05) is 6.92 Å². The van der Waals surface area contributed by atoms with Crippen molar-refractivity contribution < 1.29 is 26.4 Å². The molecule has 0 aliphatic heterocycles. The Hall–Kier alpha value is -3.37. The molecule has 3 rings (SSSR count). The Morgan fingerprint density at radius 3 is 1.88 bits per heavy atom. The quantitative estimate of drug-likeness (QED) is 0.482. The summed E-state index contributed by atoms with van der Waals surface area (Å²) >= 11 is 0. The van der Waals surface area contributed by atoms with Crippen molar-refractivity contribution in [3.8, 4) is 0 Å². The van der Waals surface area contributed by atoms with Crippen LogP contribution in [0.5, 0.6) is 0 Å². The van der Waals surface area contributed by atoms with Crippen molar-refractivity contribution in [2.24, 2.45) is 0 Å². The van der Waals surface area contributed by atoms with Gasteiger partial charge < -0.3 is 4.74 Å². The van der Waals surface area contributed by atoms with Crippen LogP contribution in [0.4, 0.5) is 11.4 Å². The number of sulfonamides is 2. The zero-order valence-corrected chi connectivity index (χ0v) is 19.0. The summed E-state index contributed by atoms with van der Waals surface area (Å²) in [5.74, 6) is -0.826. The molecule has 0 saturated carbocycles. The minimum absolute atomic E-state index is 0.000535. The molecule has 3 aromatic rings. The van der Waals surface area contributed by atoms with Crippen molar-refractivity contribution in [2.75, 3.05) is 16.6 Å². The van der Waals surface area contributed by atoms with Gasteiger partial charge in [0.25, 0.3) is 10.0 Å². The number of hydrogen-bond donors (Lipinski definition) is 2. The number of ether oxygens (including phenoxy) is 1. The van der Waals surface area contributed by atoms with Crippen LogP contribution in [0.15, 0.2) is 77.7 Å². The van der Waals surface area contributed by atoms with Gasteiger partial charge >= 0.3 is 5.97 Å². The maximum absolute atomic E-state index is 12.5. The predicted molar refractivity (Wildman–Crippen MR) is 122 cm³/mol. The topological polar surface area (TPSA) is 119 Å². The average molecular weight is 475 g/mol. The van der Waals surface area contributed by atoms with Crippen LogP contribution in [-0.4, -0.2) is 29.9 Å². The highest BCUT2D eigenvalue weighted by Crippen LogP contribution is 2.20. The van der Waals surface area contributed by atoms with Gasteiger partial charge in [0.1, 0.15) is 0 Å². The van der Waals surface area contributed by atoms with Gasteiger partial charge in [-0.2, -0.15) is 0 Å². The highest BCUT2D eigenvalue weighted by molar-refractivity contribution is 7.92. The molecule has 8 nitrogen and oxygen atoms in total. The van der Waals surface area contributed by atoms with E-state index in [1.165, 1.54) is 55.6 Å². The summed E-state index contributed by atoms with van der Waals surface area (Å²) in [4.78, 5) is 11.5. The second-order valence-corrected chi connectivity index (χ2v) is 10.5. The first kappa shape index (κ1) is 23.3. The first-order chi connectivity index (χ1) is 15.1. The number of anilines is 2. The van der Waals surface area contributed by atoms with Crippen molar-refractivity contribution >= 4 is 37.4 Å². The van der Waals surface area contributed by atoms with Crippen LogP contribution >= 0.6 is 0 Å². The summed E-state index contributed by atoms with van der Waals surface area (Å²) in [6.45, 7) is 1.90. The minimum Gasteiger partial charge on any atom is -0.465 e. The first-order valence-electron chi connectivity index (χ1n) is 9.45.